The highest BCUT2D eigenvalue weighted by atomic mass is 16.5. The van der Waals surface area contributed by atoms with Gasteiger partial charge in [0.15, 0.2) is 0 Å². The first-order chi connectivity index (χ1) is 13.1. The molecule has 2 aliphatic rings. The highest BCUT2D eigenvalue weighted by molar-refractivity contribution is 5.91. The molecular formula is C19H26N4O4. The van der Waals surface area contributed by atoms with Gasteiger partial charge in [-0.2, -0.15) is 0 Å². The number of piperidine rings is 1. The number of carbonyl (C=O) groups excluding carboxylic acids is 3. The molecule has 3 rings (SSSR count). The second kappa shape index (κ2) is 8.85. The smallest absolute Gasteiger partial charge is 0.330 e. The molecule has 1 aromatic carbocycles. The van der Waals surface area contributed by atoms with Crippen LogP contribution >= 0.6 is 0 Å². The van der Waals surface area contributed by atoms with Crippen LogP contribution < -0.4 is 10.6 Å². The molecule has 146 valence electrons. The molecule has 0 aliphatic carbocycles. The lowest BCUT2D eigenvalue weighted by atomic mass is 9.95. The van der Waals surface area contributed by atoms with Gasteiger partial charge in [-0.1, -0.05) is 18.2 Å². The normalized spacial score (nSPS) is 20.9. The van der Waals surface area contributed by atoms with Gasteiger partial charge in [-0.25, -0.2) is 9.59 Å². The fraction of sp³-hybridized carbons (Fsp3) is 0.526. The summed E-state index contributed by atoms with van der Waals surface area (Å²) in [5, 5.41) is 6.06. The maximum absolute atomic E-state index is 12.9. The summed E-state index contributed by atoms with van der Waals surface area (Å²) in [5.41, 5.74) is 0.685. The van der Waals surface area contributed by atoms with Gasteiger partial charge in [0.25, 0.3) is 0 Å². The molecular weight excluding hydrogens is 348 g/mol. The lowest BCUT2D eigenvalue weighted by molar-refractivity contribution is -0.157. The molecule has 0 spiro atoms. The zero-order valence-corrected chi connectivity index (χ0v) is 15.5. The monoisotopic (exact) mass is 374 g/mol. The third-order valence-corrected chi connectivity index (χ3v) is 5.14. The Morgan fingerprint density at radius 3 is 2.48 bits per heavy atom. The Kier molecular flexibility index (Phi) is 6.28. The number of ether oxygens (including phenoxy) is 1. The number of nitrogens with one attached hydrogen (secondary N) is 2. The van der Waals surface area contributed by atoms with E-state index in [2.05, 4.69) is 10.6 Å². The van der Waals surface area contributed by atoms with Crippen LogP contribution in [0.25, 0.3) is 0 Å². The second-order valence-corrected chi connectivity index (χ2v) is 6.84. The predicted octanol–water partition coefficient (Wildman–Crippen LogP) is 0.904. The number of benzene rings is 1. The first-order valence-corrected chi connectivity index (χ1v) is 9.30. The van der Waals surface area contributed by atoms with Gasteiger partial charge in [-0.15, -0.1) is 0 Å². The largest absolute Gasteiger partial charge is 0.467 e. The van der Waals surface area contributed by atoms with Crippen molar-refractivity contribution in [2.24, 2.45) is 5.92 Å². The van der Waals surface area contributed by atoms with E-state index in [-0.39, 0.29) is 24.4 Å². The van der Waals surface area contributed by atoms with Crippen molar-refractivity contribution in [2.75, 3.05) is 45.2 Å². The summed E-state index contributed by atoms with van der Waals surface area (Å²) in [7, 11) is 1.30. The number of urea groups is 1. The Morgan fingerprint density at radius 1 is 1.11 bits per heavy atom. The van der Waals surface area contributed by atoms with Crippen molar-refractivity contribution in [1.29, 1.82) is 0 Å². The summed E-state index contributed by atoms with van der Waals surface area (Å²) in [6.45, 7) is 2.44. The first kappa shape index (κ1) is 19.2. The van der Waals surface area contributed by atoms with Gasteiger partial charge >= 0.3 is 12.0 Å². The minimum atomic E-state index is -0.771. The Bertz CT molecular complexity index is 676. The minimum absolute atomic E-state index is 0.0185. The van der Waals surface area contributed by atoms with Crippen molar-refractivity contribution >= 4 is 23.6 Å². The Labute approximate surface area is 158 Å². The van der Waals surface area contributed by atoms with E-state index in [1.165, 1.54) is 7.11 Å². The van der Waals surface area contributed by atoms with Crippen molar-refractivity contribution in [1.82, 2.24) is 15.1 Å². The third-order valence-electron chi connectivity index (χ3n) is 5.14. The highest BCUT2D eigenvalue weighted by Crippen LogP contribution is 2.21. The van der Waals surface area contributed by atoms with Crippen LogP contribution in [0.5, 0.6) is 0 Å². The molecule has 2 N–H and O–H groups in total. The fourth-order valence-corrected chi connectivity index (χ4v) is 3.60. The molecule has 2 heterocycles. The molecule has 2 fully saturated rings. The summed E-state index contributed by atoms with van der Waals surface area (Å²) < 4.78 is 4.90. The molecule has 0 radical (unpaired) electrons. The molecule has 0 saturated carbocycles. The van der Waals surface area contributed by atoms with Gasteiger partial charge in [0.05, 0.1) is 13.7 Å². The van der Waals surface area contributed by atoms with Crippen LogP contribution in [0.1, 0.15) is 12.8 Å². The number of methoxy groups -OCH3 is 1. The molecule has 0 unspecified atom stereocenters. The number of para-hydroxylation sites is 1. The topological polar surface area (TPSA) is 91.0 Å². The van der Waals surface area contributed by atoms with Crippen molar-refractivity contribution < 1.29 is 19.1 Å². The van der Waals surface area contributed by atoms with Crippen LogP contribution in [0.4, 0.5) is 10.5 Å². The van der Waals surface area contributed by atoms with E-state index in [1.807, 2.05) is 18.2 Å². The molecule has 1 aromatic rings. The minimum Gasteiger partial charge on any atom is -0.467 e. The van der Waals surface area contributed by atoms with Crippen LogP contribution in [-0.2, 0) is 14.3 Å². The van der Waals surface area contributed by atoms with Gasteiger partial charge in [0.1, 0.15) is 6.04 Å². The molecule has 8 nitrogen and oxygen atoms in total. The van der Waals surface area contributed by atoms with Crippen LogP contribution in [-0.4, -0.2) is 73.6 Å². The van der Waals surface area contributed by atoms with Crippen LogP contribution in [0.3, 0.4) is 0 Å². The van der Waals surface area contributed by atoms with Crippen LogP contribution in [0, 0.1) is 5.92 Å². The van der Waals surface area contributed by atoms with Gasteiger partial charge < -0.3 is 25.2 Å². The Hall–Kier alpha value is -2.61. The molecule has 1 atom stereocenters. The van der Waals surface area contributed by atoms with Crippen molar-refractivity contribution in [3.05, 3.63) is 30.3 Å². The molecule has 8 heteroatoms. The van der Waals surface area contributed by atoms with E-state index >= 15 is 0 Å². The van der Waals surface area contributed by atoms with Gasteiger partial charge in [0.2, 0.25) is 5.91 Å². The molecule has 3 amide bonds. The highest BCUT2D eigenvalue weighted by Gasteiger charge is 2.40. The first-order valence-electron chi connectivity index (χ1n) is 9.30. The number of nitrogens with zero attached hydrogens (tertiary/aromatic N) is 2. The number of carbonyl (C=O) groups is 3. The Morgan fingerprint density at radius 2 is 1.81 bits per heavy atom. The van der Waals surface area contributed by atoms with Crippen molar-refractivity contribution in [2.45, 2.75) is 18.9 Å². The molecule has 0 bridgehead atoms. The SMILES string of the molecule is COC(=O)[C@@H]1CN(C(=O)Nc2ccccc2)CCN1C(=O)C1CCNCC1. The van der Waals surface area contributed by atoms with E-state index < -0.39 is 12.0 Å². The van der Waals surface area contributed by atoms with E-state index in [1.54, 1.807) is 21.9 Å². The third kappa shape index (κ3) is 4.57. The van der Waals surface area contributed by atoms with Crippen LogP contribution in [0.2, 0.25) is 0 Å². The Balaban J connectivity index is 1.67. The van der Waals surface area contributed by atoms with Gasteiger partial charge in [-0.3, -0.25) is 4.79 Å². The second-order valence-electron chi connectivity index (χ2n) is 6.84. The quantitative estimate of drug-likeness (QED) is 0.768. The zero-order valence-electron chi connectivity index (χ0n) is 15.5. The van der Waals surface area contributed by atoms with Gasteiger partial charge in [-0.05, 0) is 38.1 Å². The number of piperazine rings is 1. The fourth-order valence-electron chi connectivity index (χ4n) is 3.60. The number of hydrogen-bond donors (Lipinski definition) is 2. The lowest BCUT2D eigenvalue weighted by Crippen LogP contribution is -2.61. The maximum atomic E-state index is 12.9. The standard InChI is InChI=1S/C19H26N4O4/c1-27-18(25)16-13-22(19(26)21-15-5-3-2-4-6-15)11-12-23(16)17(24)14-7-9-20-10-8-14/h2-6,14,16,20H,7-13H2,1H3,(H,21,26)/t16-/m0/s1. The maximum Gasteiger partial charge on any atom is 0.330 e. The van der Waals surface area contributed by atoms with Crippen molar-refractivity contribution in [3.63, 3.8) is 0 Å². The molecule has 2 aliphatic heterocycles. The average Bonchev–Trinajstić information content (AvgIpc) is 2.73. The molecule has 27 heavy (non-hydrogen) atoms. The van der Waals surface area contributed by atoms with Gasteiger partial charge in [0, 0.05) is 24.7 Å². The summed E-state index contributed by atoms with van der Waals surface area (Å²) in [6.07, 6.45) is 1.53. The van der Waals surface area contributed by atoms with E-state index in [0.29, 0.717) is 18.8 Å². The molecule has 2 saturated heterocycles. The summed E-state index contributed by atoms with van der Waals surface area (Å²) in [5.74, 6) is -0.590. The number of anilines is 1. The molecule has 0 aromatic heterocycles. The summed E-state index contributed by atoms with van der Waals surface area (Å²) in [6, 6.07) is 8.08. The summed E-state index contributed by atoms with van der Waals surface area (Å²) in [4.78, 5) is 40.9. The van der Waals surface area contributed by atoms with Crippen molar-refractivity contribution in [3.8, 4) is 0 Å². The van der Waals surface area contributed by atoms with Crippen LogP contribution in [0.15, 0.2) is 30.3 Å². The zero-order chi connectivity index (χ0) is 19.2. The lowest BCUT2D eigenvalue weighted by Gasteiger charge is -2.41. The van der Waals surface area contributed by atoms with E-state index in [0.717, 1.165) is 25.9 Å². The number of amides is 3. The number of rotatable bonds is 3. The summed E-state index contributed by atoms with van der Waals surface area (Å²) >= 11 is 0. The van der Waals surface area contributed by atoms with E-state index in [9.17, 15) is 14.4 Å². The average molecular weight is 374 g/mol. The number of hydrogen-bond acceptors (Lipinski definition) is 5. The van der Waals surface area contributed by atoms with E-state index in [4.69, 9.17) is 4.74 Å². The number of esters is 1. The predicted molar refractivity (Wildman–Crippen MR) is 100 cm³/mol.